The van der Waals surface area contributed by atoms with Crippen LogP contribution in [0.15, 0.2) is 47.5 Å². The van der Waals surface area contributed by atoms with Crippen LogP contribution in [-0.4, -0.2) is 57.9 Å². The summed E-state index contributed by atoms with van der Waals surface area (Å²) in [6.45, 7) is 5.91. The maximum atomic E-state index is 6.17. The van der Waals surface area contributed by atoms with Crippen LogP contribution < -0.4 is 20.5 Å². The van der Waals surface area contributed by atoms with Gasteiger partial charge in [0.15, 0.2) is 17.5 Å². The Kier molecular flexibility index (Phi) is 7.32. The number of rotatable bonds is 7. The van der Waals surface area contributed by atoms with Crippen molar-refractivity contribution in [2.24, 2.45) is 10.7 Å². The second-order valence-corrected chi connectivity index (χ2v) is 7.00. The predicted molar refractivity (Wildman–Crippen MR) is 116 cm³/mol. The fourth-order valence-corrected chi connectivity index (χ4v) is 3.40. The standard InChI is InChI=1S/C22H30N4O3/c1-16-4-6-17(7-5-16)19(26-10-12-29-13-11-26)15-24-22(23)25-18-8-9-20(27-2)21(14-18)28-3/h4-9,14,19H,10-13,15H2,1-3H3,(H3,23,24,25). The zero-order chi connectivity index (χ0) is 20.6. The zero-order valence-corrected chi connectivity index (χ0v) is 17.4. The quantitative estimate of drug-likeness (QED) is 0.551. The highest BCUT2D eigenvalue weighted by atomic mass is 16.5. The molecule has 1 atom stereocenters. The summed E-state index contributed by atoms with van der Waals surface area (Å²) in [6.07, 6.45) is 0. The number of aryl methyl sites for hydroxylation is 1. The number of guanidine groups is 1. The van der Waals surface area contributed by atoms with Gasteiger partial charge in [-0.3, -0.25) is 9.89 Å². The Balaban J connectivity index is 1.73. The lowest BCUT2D eigenvalue weighted by Crippen LogP contribution is -2.40. The summed E-state index contributed by atoms with van der Waals surface area (Å²) >= 11 is 0. The molecule has 156 valence electrons. The van der Waals surface area contributed by atoms with Crippen LogP contribution in [0.25, 0.3) is 0 Å². The largest absolute Gasteiger partial charge is 0.493 e. The molecule has 3 N–H and O–H groups in total. The first-order valence-electron chi connectivity index (χ1n) is 9.78. The number of anilines is 1. The summed E-state index contributed by atoms with van der Waals surface area (Å²) in [5, 5.41) is 3.14. The van der Waals surface area contributed by atoms with Gasteiger partial charge >= 0.3 is 0 Å². The van der Waals surface area contributed by atoms with Gasteiger partial charge in [0.1, 0.15) is 0 Å². The zero-order valence-electron chi connectivity index (χ0n) is 17.4. The molecule has 29 heavy (non-hydrogen) atoms. The van der Waals surface area contributed by atoms with E-state index in [0.717, 1.165) is 32.0 Å². The van der Waals surface area contributed by atoms with E-state index in [1.807, 2.05) is 18.2 Å². The van der Waals surface area contributed by atoms with Crippen LogP contribution in [0.2, 0.25) is 0 Å². The molecule has 2 aromatic rings. The minimum absolute atomic E-state index is 0.158. The highest BCUT2D eigenvalue weighted by Gasteiger charge is 2.22. The Hall–Kier alpha value is -2.77. The van der Waals surface area contributed by atoms with Crippen LogP contribution >= 0.6 is 0 Å². The van der Waals surface area contributed by atoms with Crippen LogP contribution in [0, 0.1) is 6.92 Å². The Morgan fingerprint density at radius 2 is 1.79 bits per heavy atom. The lowest BCUT2D eigenvalue weighted by molar-refractivity contribution is 0.0180. The normalized spacial score (nSPS) is 16.3. The topological polar surface area (TPSA) is 81.3 Å². The summed E-state index contributed by atoms with van der Waals surface area (Å²) in [5.41, 5.74) is 9.44. The van der Waals surface area contributed by atoms with Crippen LogP contribution in [-0.2, 0) is 4.74 Å². The SMILES string of the molecule is COc1ccc(NC(N)=NCC(c2ccc(C)cc2)N2CCOCC2)cc1OC. The Labute approximate surface area is 172 Å². The number of hydrogen-bond donors (Lipinski definition) is 2. The molecule has 1 aliphatic rings. The summed E-state index contributed by atoms with van der Waals surface area (Å²) in [4.78, 5) is 7.02. The van der Waals surface area contributed by atoms with Crippen molar-refractivity contribution >= 4 is 11.6 Å². The van der Waals surface area contributed by atoms with Crippen molar-refractivity contribution in [3.63, 3.8) is 0 Å². The van der Waals surface area contributed by atoms with E-state index in [0.29, 0.717) is 24.0 Å². The predicted octanol–water partition coefficient (Wildman–Crippen LogP) is 2.81. The molecule has 3 rings (SSSR count). The molecule has 1 unspecified atom stereocenters. The summed E-state index contributed by atoms with van der Waals surface area (Å²) in [7, 11) is 3.21. The molecule has 1 fully saturated rings. The fourth-order valence-electron chi connectivity index (χ4n) is 3.40. The van der Waals surface area contributed by atoms with Gasteiger partial charge in [0.25, 0.3) is 0 Å². The van der Waals surface area contributed by atoms with E-state index in [1.54, 1.807) is 14.2 Å². The van der Waals surface area contributed by atoms with Gasteiger partial charge in [-0.1, -0.05) is 29.8 Å². The Morgan fingerprint density at radius 1 is 1.10 bits per heavy atom. The molecule has 7 heteroatoms. The number of aliphatic imine (C=N–C) groups is 1. The number of nitrogens with zero attached hydrogens (tertiary/aromatic N) is 2. The minimum Gasteiger partial charge on any atom is -0.493 e. The highest BCUT2D eigenvalue weighted by molar-refractivity contribution is 5.92. The van der Waals surface area contributed by atoms with Crippen molar-refractivity contribution in [3.8, 4) is 11.5 Å². The molecule has 0 bridgehead atoms. The second-order valence-electron chi connectivity index (χ2n) is 7.00. The highest BCUT2D eigenvalue weighted by Crippen LogP contribution is 2.29. The van der Waals surface area contributed by atoms with Gasteiger partial charge in [-0.15, -0.1) is 0 Å². The van der Waals surface area contributed by atoms with Crippen LogP contribution in [0.1, 0.15) is 17.2 Å². The van der Waals surface area contributed by atoms with Crippen molar-refractivity contribution < 1.29 is 14.2 Å². The van der Waals surface area contributed by atoms with Gasteiger partial charge in [0.2, 0.25) is 0 Å². The van der Waals surface area contributed by atoms with E-state index in [9.17, 15) is 0 Å². The molecule has 0 saturated carbocycles. The smallest absolute Gasteiger partial charge is 0.193 e. The molecule has 1 heterocycles. The van der Waals surface area contributed by atoms with Gasteiger partial charge in [-0.2, -0.15) is 0 Å². The number of benzene rings is 2. The van der Waals surface area contributed by atoms with Crippen molar-refractivity contribution in [2.45, 2.75) is 13.0 Å². The molecular formula is C22H30N4O3. The number of ether oxygens (including phenoxy) is 3. The maximum absolute atomic E-state index is 6.17. The van der Waals surface area contributed by atoms with Crippen LogP contribution in [0.4, 0.5) is 5.69 Å². The van der Waals surface area contributed by atoms with Gasteiger partial charge in [-0.05, 0) is 24.6 Å². The number of nitrogens with two attached hydrogens (primary N) is 1. The summed E-state index contributed by atoms with van der Waals surface area (Å²) < 4.78 is 16.1. The first-order valence-corrected chi connectivity index (χ1v) is 9.78. The molecular weight excluding hydrogens is 368 g/mol. The average molecular weight is 399 g/mol. The van der Waals surface area contributed by atoms with E-state index in [-0.39, 0.29) is 6.04 Å². The van der Waals surface area contributed by atoms with Gasteiger partial charge in [0, 0.05) is 24.8 Å². The number of morpholine rings is 1. The number of nitrogens with one attached hydrogen (secondary N) is 1. The van der Waals surface area contributed by atoms with Gasteiger partial charge in [0.05, 0.1) is 40.0 Å². The second kappa shape index (κ2) is 10.1. The molecule has 7 nitrogen and oxygen atoms in total. The maximum Gasteiger partial charge on any atom is 0.193 e. The van der Waals surface area contributed by atoms with E-state index in [1.165, 1.54) is 11.1 Å². The van der Waals surface area contributed by atoms with Crippen LogP contribution in [0.3, 0.4) is 0 Å². The monoisotopic (exact) mass is 398 g/mol. The molecule has 0 spiro atoms. The van der Waals surface area contributed by atoms with E-state index in [4.69, 9.17) is 19.9 Å². The summed E-state index contributed by atoms with van der Waals surface area (Å²) in [5.74, 6) is 1.67. The summed E-state index contributed by atoms with van der Waals surface area (Å²) in [6, 6.07) is 14.3. The van der Waals surface area contributed by atoms with E-state index >= 15 is 0 Å². The molecule has 1 aliphatic heterocycles. The molecule has 1 saturated heterocycles. The van der Waals surface area contributed by atoms with Gasteiger partial charge < -0.3 is 25.3 Å². The lowest BCUT2D eigenvalue weighted by atomic mass is 10.0. The van der Waals surface area contributed by atoms with Crippen molar-refractivity contribution in [2.75, 3.05) is 52.4 Å². The lowest BCUT2D eigenvalue weighted by Gasteiger charge is -2.34. The first-order chi connectivity index (χ1) is 14.1. The van der Waals surface area contributed by atoms with E-state index < -0.39 is 0 Å². The molecule has 0 radical (unpaired) electrons. The molecule has 0 aromatic heterocycles. The molecule has 0 amide bonds. The number of hydrogen-bond acceptors (Lipinski definition) is 5. The van der Waals surface area contributed by atoms with E-state index in [2.05, 4.69) is 46.4 Å². The van der Waals surface area contributed by atoms with Gasteiger partial charge in [-0.25, -0.2) is 0 Å². The van der Waals surface area contributed by atoms with Crippen molar-refractivity contribution in [1.82, 2.24) is 4.90 Å². The number of methoxy groups -OCH3 is 2. The van der Waals surface area contributed by atoms with Crippen molar-refractivity contribution in [1.29, 1.82) is 0 Å². The average Bonchev–Trinajstić information content (AvgIpc) is 2.75. The third kappa shape index (κ3) is 5.62. The molecule has 0 aliphatic carbocycles. The minimum atomic E-state index is 0.158. The third-order valence-electron chi connectivity index (χ3n) is 5.04. The fraction of sp³-hybridized carbons (Fsp3) is 0.409. The third-order valence-corrected chi connectivity index (χ3v) is 5.04. The first kappa shape index (κ1) is 21.0. The van der Waals surface area contributed by atoms with Crippen molar-refractivity contribution in [3.05, 3.63) is 53.6 Å². The Bertz CT molecular complexity index is 817. The Morgan fingerprint density at radius 3 is 2.45 bits per heavy atom. The van der Waals surface area contributed by atoms with Crippen LogP contribution in [0.5, 0.6) is 11.5 Å². The molecule has 2 aromatic carbocycles.